The number of carbonyl (C=O) groups excluding carboxylic acids is 1. The van der Waals surface area contributed by atoms with Crippen molar-refractivity contribution in [2.24, 2.45) is 0 Å². The fourth-order valence-corrected chi connectivity index (χ4v) is 3.16. The van der Waals surface area contributed by atoms with Crippen molar-refractivity contribution in [2.45, 2.75) is 19.3 Å². The Hall–Kier alpha value is -1.95. The van der Waals surface area contributed by atoms with E-state index in [1.807, 2.05) is 35.2 Å². The van der Waals surface area contributed by atoms with Crippen LogP contribution in [0.5, 0.6) is 0 Å². The maximum atomic E-state index is 11.7. The number of amides is 1. The van der Waals surface area contributed by atoms with Crippen LogP contribution in [0.4, 0.5) is 5.13 Å². The van der Waals surface area contributed by atoms with Crippen molar-refractivity contribution in [1.29, 1.82) is 0 Å². The second-order valence-electron chi connectivity index (χ2n) is 5.04. The van der Waals surface area contributed by atoms with Gasteiger partial charge >= 0.3 is 0 Å². The minimum atomic E-state index is 0.269. The first-order valence-electron chi connectivity index (χ1n) is 7.23. The van der Waals surface area contributed by atoms with E-state index >= 15 is 0 Å². The molecule has 1 amide bonds. The van der Waals surface area contributed by atoms with E-state index in [1.54, 1.807) is 0 Å². The van der Waals surface area contributed by atoms with E-state index in [2.05, 4.69) is 15.5 Å². The monoisotopic (exact) mass is 302 g/mol. The predicted octanol–water partition coefficient (Wildman–Crippen LogP) is 2.63. The molecule has 0 atom stereocenters. The third-order valence-corrected chi connectivity index (χ3v) is 4.46. The van der Waals surface area contributed by atoms with Crippen LogP contribution < -0.4 is 5.32 Å². The van der Waals surface area contributed by atoms with Gasteiger partial charge in [-0.3, -0.25) is 4.79 Å². The van der Waals surface area contributed by atoms with Crippen LogP contribution in [0.1, 0.15) is 19.3 Å². The molecule has 1 fully saturated rings. The molecule has 6 heteroatoms. The molecule has 1 aliphatic heterocycles. The largest absolute Gasteiger partial charge is 0.358 e. The highest BCUT2D eigenvalue weighted by molar-refractivity contribution is 7.18. The standard InChI is InChI=1S/C15H18N4OS/c20-13-8-4-5-10-19(13)11-9-16-15-18-17-14(21-15)12-6-2-1-3-7-12/h1-3,6-7H,4-5,8-11H2,(H,16,18). The summed E-state index contributed by atoms with van der Waals surface area (Å²) >= 11 is 1.54. The highest BCUT2D eigenvalue weighted by Crippen LogP contribution is 2.25. The summed E-state index contributed by atoms with van der Waals surface area (Å²) in [5, 5.41) is 13.3. The van der Waals surface area contributed by atoms with Gasteiger partial charge in [-0.2, -0.15) is 0 Å². The fourth-order valence-electron chi connectivity index (χ4n) is 2.39. The van der Waals surface area contributed by atoms with Crippen molar-refractivity contribution in [1.82, 2.24) is 15.1 Å². The average Bonchev–Trinajstić information content (AvgIpc) is 2.99. The lowest BCUT2D eigenvalue weighted by Gasteiger charge is -2.26. The van der Waals surface area contributed by atoms with Gasteiger partial charge in [0, 0.05) is 31.6 Å². The first-order valence-corrected chi connectivity index (χ1v) is 8.05. The molecular weight excluding hydrogens is 284 g/mol. The first kappa shape index (κ1) is 14.0. The highest BCUT2D eigenvalue weighted by atomic mass is 32.1. The van der Waals surface area contributed by atoms with Crippen LogP contribution in [0.15, 0.2) is 30.3 Å². The Bertz CT molecular complexity index is 599. The molecule has 0 saturated carbocycles. The molecule has 3 rings (SSSR count). The number of nitrogens with one attached hydrogen (secondary N) is 1. The predicted molar refractivity (Wildman–Crippen MR) is 84.3 cm³/mol. The zero-order valence-electron chi connectivity index (χ0n) is 11.8. The van der Waals surface area contributed by atoms with E-state index in [4.69, 9.17) is 0 Å². The van der Waals surface area contributed by atoms with E-state index < -0.39 is 0 Å². The van der Waals surface area contributed by atoms with Gasteiger partial charge in [0.25, 0.3) is 0 Å². The third-order valence-electron chi connectivity index (χ3n) is 3.53. The molecule has 0 radical (unpaired) electrons. The van der Waals surface area contributed by atoms with Gasteiger partial charge in [-0.25, -0.2) is 0 Å². The zero-order valence-corrected chi connectivity index (χ0v) is 12.6. The summed E-state index contributed by atoms with van der Waals surface area (Å²) in [6, 6.07) is 10.0. The van der Waals surface area contributed by atoms with Gasteiger partial charge < -0.3 is 10.2 Å². The highest BCUT2D eigenvalue weighted by Gasteiger charge is 2.17. The van der Waals surface area contributed by atoms with Crippen molar-refractivity contribution < 1.29 is 4.79 Å². The van der Waals surface area contributed by atoms with Gasteiger partial charge in [-0.15, -0.1) is 10.2 Å². The number of nitrogens with zero attached hydrogens (tertiary/aromatic N) is 3. The first-order chi connectivity index (χ1) is 10.3. The summed E-state index contributed by atoms with van der Waals surface area (Å²) < 4.78 is 0. The summed E-state index contributed by atoms with van der Waals surface area (Å²) in [4.78, 5) is 13.6. The number of carbonyl (C=O) groups is 1. The molecule has 21 heavy (non-hydrogen) atoms. The van der Waals surface area contributed by atoms with Gasteiger partial charge in [-0.1, -0.05) is 41.7 Å². The van der Waals surface area contributed by atoms with Gasteiger partial charge in [0.15, 0.2) is 0 Å². The second kappa shape index (κ2) is 6.67. The SMILES string of the molecule is O=C1CCCCN1CCNc1nnc(-c2ccccc2)s1. The van der Waals surface area contributed by atoms with Crippen molar-refractivity contribution in [3.63, 3.8) is 0 Å². The quantitative estimate of drug-likeness (QED) is 0.922. The van der Waals surface area contributed by atoms with E-state index in [1.165, 1.54) is 11.3 Å². The summed E-state index contributed by atoms with van der Waals surface area (Å²) in [5.41, 5.74) is 1.08. The molecule has 110 valence electrons. The summed E-state index contributed by atoms with van der Waals surface area (Å²) in [5.74, 6) is 0.269. The van der Waals surface area contributed by atoms with Gasteiger partial charge in [0.2, 0.25) is 11.0 Å². The van der Waals surface area contributed by atoms with Crippen LogP contribution in [0.25, 0.3) is 10.6 Å². The topological polar surface area (TPSA) is 58.1 Å². The summed E-state index contributed by atoms with van der Waals surface area (Å²) in [6.45, 7) is 2.33. The molecule has 2 heterocycles. The summed E-state index contributed by atoms with van der Waals surface area (Å²) in [7, 11) is 0. The molecule has 0 unspecified atom stereocenters. The number of hydrogen-bond acceptors (Lipinski definition) is 5. The lowest BCUT2D eigenvalue weighted by Crippen LogP contribution is -2.38. The number of anilines is 1. The maximum Gasteiger partial charge on any atom is 0.222 e. The van der Waals surface area contributed by atoms with Crippen LogP contribution in [0.2, 0.25) is 0 Å². The number of hydrogen-bond donors (Lipinski definition) is 1. The molecule has 0 aliphatic carbocycles. The Labute approximate surface area is 128 Å². The van der Waals surface area contributed by atoms with Gasteiger partial charge in [0.05, 0.1) is 0 Å². The Morgan fingerprint density at radius 1 is 1.19 bits per heavy atom. The van der Waals surface area contributed by atoms with E-state index in [-0.39, 0.29) is 5.91 Å². The molecule has 1 aromatic heterocycles. The molecule has 0 bridgehead atoms. The fraction of sp³-hybridized carbons (Fsp3) is 0.400. The number of piperidine rings is 1. The molecule has 2 aromatic rings. The molecular formula is C15H18N4OS. The average molecular weight is 302 g/mol. The lowest BCUT2D eigenvalue weighted by atomic mass is 10.1. The smallest absolute Gasteiger partial charge is 0.222 e. The van der Waals surface area contributed by atoms with Gasteiger partial charge in [-0.05, 0) is 12.8 Å². The maximum absolute atomic E-state index is 11.7. The van der Waals surface area contributed by atoms with Crippen molar-refractivity contribution in [3.8, 4) is 10.6 Å². The van der Waals surface area contributed by atoms with Crippen LogP contribution in [-0.4, -0.2) is 40.6 Å². The molecule has 1 saturated heterocycles. The van der Waals surface area contributed by atoms with Crippen LogP contribution >= 0.6 is 11.3 Å². The van der Waals surface area contributed by atoms with Crippen molar-refractivity contribution >= 4 is 22.4 Å². The van der Waals surface area contributed by atoms with Crippen molar-refractivity contribution in [2.75, 3.05) is 25.0 Å². The lowest BCUT2D eigenvalue weighted by molar-refractivity contribution is -0.133. The minimum Gasteiger partial charge on any atom is -0.358 e. The Morgan fingerprint density at radius 3 is 2.86 bits per heavy atom. The number of aromatic nitrogens is 2. The normalized spacial score (nSPS) is 15.2. The minimum absolute atomic E-state index is 0.269. The van der Waals surface area contributed by atoms with Gasteiger partial charge in [0.1, 0.15) is 5.01 Å². The number of rotatable bonds is 5. The van der Waals surface area contributed by atoms with E-state index in [0.717, 1.165) is 48.2 Å². The number of benzene rings is 1. The Kier molecular flexibility index (Phi) is 4.45. The van der Waals surface area contributed by atoms with E-state index in [9.17, 15) is 4.79 Å². The number of likely N-dealkylation sites (tertiary alicyclic amines) is 1. The zero-order chi connectivity index (χ0) is 14.5. The molecule has 0 spiro atoms. The molecule has 1 N–H and O–H groups in total. The molecule has 1 aliphatic rings. The van der Waals surface area contributed by atoms with E-state index in [0.29, 0.717) is 6.42 Å². The summed E-state index contributed by atoms with van der Waals surface area (Å²) in [6.07, 6.45) is 2.83. The second-order valence-corrected chi connectivity index (χ2v) is 6.02. The Balaban J connectivity index is 1.52. The van der Waals surface area contributed by atoms with Crippen LogP contribution in [0, 0.1) is 0 Å². The van der Waals surface area contributed by atoms with Crippen molar-refractivity contribution in [3.05, 3.63) is 30.3 Å². The Morgan fingerprint density at radius 2 is 2.05 bits per heavy atom. The molecule has 1 aromatic carbocycles. The van der Waals surface area contributed by atoms with Crippen LogP contribution in [0.3, 0.4) is 0 Å². The molecule has 5 nitrogen and oxygen atoms in total. The van der Waals surface area contributed by atoms with Crippen LogP contribution in [-0.2, 0) is 4.79 Å². The third kappa shape index (κ3) is 3.58.